The Balaban J connectivity index is 1.58. The Bertz CT molecular complexity index is 964. The number of aromatic nitrogens is 2. The van der Waals surface area contributed by atoms with Gasteiger partial charge in [0.05, 0.1) is 18.8 Å². The number of carbonyl (C=O) groups excluding carboxylic acids is 1. The second-order valence-electron chi connectivity index (χ2n) is 7.51. The van der Waals surface area contributed by atoms with Crippen molar-refractivity contribution >= 4 is 5.91 Å². The van der Waals surface area contributed by atoms with Crippen LogP contribution < -0.4 is 5.32 Å². The summed E-state index contributed by atoms with van der Waals surface area (Å²) in [5.41, 5.74) is 5.51. The molecule has 0 saturated heterocycles. The van der Waals surface area contributed by atoms with Crippen molar-refractivity contribution in [2.75, 3.05) is 13.1 Å². The van der Waals surface area contributed by atoms with Crippen LogP contribution >= 0.6 is 0 Å². The van der Waals surface area contributed by atoms with Crippen LogP contribution in [0.4, 0.5) is 0 Å². The molecular formula is C25H30N4O. The van der Waals surface area contributed by atoms with Gasteiger partial charge in [0.15, 0.2) is 0 Å². The molecule has 0 saturated carbocycles. The lowest BCUT2D eigenvalue weighted by Crippen LogP contribution is -2.36. The molecule has 0 radical (unpaired) electrons. The number of amides is 1. The molecule has 1 aromatic heterocycles. The molecule has 2 aromatic carbocycles. The lowest BCUT2D eigenvalue weighted by Gasteiger charge is -2.20. The zero-order chi connectivity index (χ0) is 21.3. The number of benzene rings is 2. The maximum atomic E-state index is 12.6. The molecule has 5 nitrogen and oxygen atoms in total. The van der Waals surface area contributed by atoms with Gasteiger partial charge < -0.3 is 5.32 Å². The molecule has 3 aromatic rings. The third kappa shape index (κ3) is 5.91. The Kier molecular flexibility index (Phi) is 7.57. The van der Waals surface area contributed by atoms with Gasteiger partial charge in [-0.15, -0.1) is 6.58 Å². The summed E-state index contributed by atoms with van der Waals surface area (Å²) in [7, 11) is 0. The largest absolute Gasteiger partial charge is 0.351 e. The number of hydrogen-bond donors (Lipinski definition) is 1. The van der Waals surface area contributed by atoms with Gasteiger partial charge >= 0.3 is 0 Å². The summed E-state index contributed by atoms with van der Waals surface area (Å²) < 4.78 is 2.01. The van der Waals surface area contributed by atoms with Crippen LogP contribution in [-0.4, -0.2) is 33.7 Å². The van der Waals surface area contributed by atoms with Crippen molar-refractivity contribution in [3.8, 4) is 0 Å². The molecule has 1 amide bonds. The summed E-state index contributed by atoms with van der Waals surface area (Å²) in [5, 5.41) is 7.74. The summed E-state index contributed by atoms with van der Waals surface area (Å²) in [5.74, 6) is 0.00221. The zero-order valence-electron chi connectivity index (χ0n) is 17.8. The van der Waals surface area contributed by atoms with Crippen molar-refractivity contribution in [2.45, 2.75) is 33.5 Å². The van der Waals surface area contributed by atoms with Gasteiger partial charge in [0.2, 0.25) is 5.91 Å². The van der Waals surface area contributed by atoms with E-state index in [1.807, 2.05) is 54.1 Å². The molecule has 0 atom stereocenters. The van der Waals surface area contributed by atoms with E-state index in [-0.39, 0.29) is 5.91 Å². The second kappa shape index (κ2) is 10.6. The molecule has 0 aliphatic rings. The molecule has 1 N–H and O–H groups in total. The van der Waals surface area contributed by atoms with E-state index in [1.54, 1.807) is 0 Å². The van der Waals surface area contributed by atoms with Crippen LogP contribution in [0.3, 0.4) is 0 Å². The maximum Gasteiger partial charge on any atom is 0.234 e. The van der Waals surface area contributed by atoms with Gasteiger partial charge in [0.1, 0.15) is 0 Å². The average molecular weight is 403 g/mol. The highest BCUT2D eigenvalue weighted by Crippen LogP contribution is 2.15. The topological polar surface area (TPSA) is 50.2 Å². The van der Waals surface area contributed by atoms with E-state index in [0.717, 1.165) is 23.5 Å². The number of nitrogens with zero attached hydrogens (tertiary/aromatic N) is 3. The van der Waals surface area contributed by atoms with Crippen molar-refractivity contribution in [1.29, 1.82) is 0 Å². The lowest BCUT2D eigenvalue weighted by molar-refractivity contribution is -0.122. The van der Waals surface area contributed by atoms with Crippen molar-refractivity contribution < 1.29 is 4.79 Å². The summed E-state index contributed by atoms with van der Waals surface area (Å²) in [6.07, 6.45) is 1.83. The van der Waals surface area contributed by atoms with Crippen LogP contribution in [-0.2, 0) is 24.4 Å². The van der Waals surface area contributed by atoms with Gasteiger partial charge in [-0.05, 0) is 25.0 Å². The molecule has 3 rings (SSSR count). The molecule has 0 unspecified atom stereocenters. The molecule has 5 heteroatoms. The van der Waals surface area contributed by atoms with E-state index in [2.05, 4.69) is 53.1 Å². The Morgan fingerprint density at radius 3 is 2.33 bits per heavy atom. The lowest BCUT2D eigenvalue weighted by atomic mass is 10.2. The minimum atomic E-state index is 0.00221. The number of aryl methyl sites for hydroxylation is 1. The quantitative estimate of drug-likeness (QED) is 0.524. The third-order valence-electron chi connectivity index (χ3n) is 5.17. The molecule has 0 aliphatic heterocycles. The van der Waals surface area contributed by atoms with Gasteiger partial charge in [0.25, 0.3) is 0 Å². The number of hydrogen-bond acceptors (Lipinski definition) is 3. The van der Waals surface area contributed by atoms with Crippen LogP contribution in [0.25, 0.3) is 0 Å². The molecule has 0 spiro atoms. The standard InChI is InChI=1S/C25H30N4O/c1-4-15-28(17-22-11-7-5-8-12-22)19-25(30)26-16-24-20(2)27-29(21(24)3)18-23-13-9-6-10-14-23/h4-14H,1,15-19H2,2-3H3,(H,26,30). The van der Waals surface area contributed by atoms with E-state index in [9.17, 15) is 4.79 Å². The van der Waals surface area contributed by atoms with Crippen LogP contribution in [0.15, 0.2) is 73.3 Å². The highest BCUT2D eigenvalue weighted by Gasteiger charge is 2.14. The van der Waals surface area contributed by atoms with Gasteiger partial charge in [0, 0.05) is 30.9 Å². The Morgan fingerprint density at radius 2 is 1.70 bits per heavy atom. The Labute approximate surface area is 179 Å². The van der Waals surface area contributed by atoms with Gasteiger partial charge in [-0.1, -0.05) is 66.7 Å². The van der Waals surface area contributed by atoms with E-state index in [0.29, 0.717) is 26.2 Å². The third-order valence-corrected chi connectivity index (χ3v) is 5.17. The van der Waals surface area contributed by atoms with Crippen LogP contribution in [0.5, 0.6) is 0 Å². The van der Waals surface area contributed by atoms with E-state index < -0.39 is 0 Å². The normalized spacial score (nSPS) is 10.9. The van der Waals surface area contributed by atoms with Crippen LogP contribution in [0, 0.1) is 13.8 Å². The van der Waals surface area contributed by atoms with E-state index in [1.165, 1.54) is 11.1 Å². The number of rotatable bonds is 10. The number of nitrogens with one attached hydrogen (secondary N) is 1. The smallest absolute Gasteiger partial charge is 0.234 e. The van der Waals surface area contributed by atoms with Gasteiger partial charge in [-0.3, -0.25) is 14.4 Å². The molecule has 1 heterocycles. The van der Waals surface area contributed by atoms with Crippen LogP contribution in [0.2, 0.25) is 0 Å². The predicted molar refractivity (Wildman–Crippen MR) is 121 cm³/mol. The molecular weight excluding hydrogens is 372 g/mol. The highest BCUT2D eigenvalue weighted by atomic mass is 16.2. The first-order chi connectivity index (χ1) is 14.6. The molecule has 30 heavy (non-hydrogen) atoms. The van der Waals surface area contributed by atoms with Crippen molar-refractivity contribution in [2.24, 2.45) is 0 Å². The van der Waals surface area contributed by atoms with Crippen molar-refractivity contribution in [3.05, 3.63) is 101 Å². The average Bonchev–Trinajstić information content (AvgIpc) is 3.00. The monoisotopic (exact) mass is 402 g/mol. The van der Waals surface area contributed by atoms with Gasteiger partial charge in [-0.2, -0.15) is 5.10 Å². The fourth-order valence-electron chi connectivity index (χ4n) is 3.56. The highest BCUT2D eigenvalue weighted by molar-refractivity contribution is 5.78. The zero-order valence-corrected chi connectivity index (χ0v) is 17.8. The van der Waals surface area contributed by atoms with E-state index >= 15 is 0 Å². The predicted octanol–water partition coefficient (Wildman–Crippen LogP) is 3.85. The minimum Gasteiger partial charge on any atom is -0.351 e. The second-order valence-corrected chi connectivity index (χ2v) is 7.51. The molecule has 0 aliphatic carbocycles. The fourth-order valence-corrected chi connectivity index (χ4v) is 3.56. The SMILES string of the molecule is C=CCN(CC(=O)NCc1c(C)nn(Cc2ccccc2)c1C)Cc1ccccc1. The summed E-state index contributed by atoms with van der Waals surface area (Å²) in [6, 6.07) is 20.4. The summed E-state index contributed by atoms with van der Waals surface area (Å²) in [6.45, 7) is 10.8. The number of carbonyl (C=O) groups is 1. The summed E-state index contributed by atoms with van der Waals surface area (Å²) in [4.78, 5) is 14.7. The minimum absolute atomic E-state index is 0.00221. The first-order valence-electron chi connectivity index (χ1n) is 10.3. The summed E-state index contributed by atoms with van der Waals surface area (Å²) >= 11 is 0. The Morgan fingerprint density at radius 1 is 1.07 bits per heavy atom. The molecule has 0 fully saturated rings. The molecule has 156 valence electrons. The maximum absolute atomic E-state index is 12.6. The van der Waals surface area contributed by atoms with Crippen molar-refractivity contribution in [1.82, 2.24) is 20.0 Å². The first kappa shape index (κ1) is 21.5. The van der Waals surface area contributed by atoms with Gasteiger partial charge in [-0.25, -0.2) is 0 Å². The first-order valence-corrected chi connectivity index (χ1v) is 10.3. The van der Waals surface area contributed by atoms with Crippen molar-refractivity contribution in [3.63, 3.8) is 0 Å². The van der Waals surface area contributed by atoms with Crippen LogP contribution in [0.1, 0.15) is 28.1 Å². The molecule has 0 bridgehead atoms. The van der Waals surface area contributed by atoms with E-state index in [4.69, 9.17) is 0 Å². The fraction of sp³-hybridized carbons (Fsp3) is 0.280. The Hall–Kier alpha value is -3.18.